The second-order valence-corrected chi connectivity index (χ2v) is 5.25. The van der Waals surface area contributed by atoms with Gasteiger partial charge in [-0.3, -0.25) is 9.59 Å². The van der Waals surface area contributed by atoms with E-state index in [1.54, 1.807) is 6.07 Å². The largest absolute Gasteiger partial charge is 0.484 e. The lowest BCUT2D eigenvalue weighted by Gasteiger charge is -2.12. The number of hydrogen-bond acceptors (Lipinski definition) is 5. The lowest BCUT2D eigenvalue weighted by Crippen LogP contribution is -2.39. The topological polar surface area (TPSA) is 84.9 Å². The Labute approximate surface area is 138 Å². The van der Waals surface area contributed by atoms with Gasteiger partial charge in [0, 0.05) is 13.1 Å². The fraction of sp³-hybridized carbons (Fsp3) is 0.235. The number of nitrogens with zero attached hydrogens (tertiary/aromatic N) is 1. The Morgan fingerprint density at radius 1 is 1.17 bits per heavy atom. The highest BCUT2D eigenvalue weighted by molar-refractivity contribution is 5.97. The van der Waals surface area contributed by atoms with Gasteiger partial charge in [-0.1, -0.05) is 30.3 Å². The highest BCUT2D eigenvalue weighted by atomic mass is 16.6. The van der Waals surface area contributed by atoms with Crippen LogP contribution in [0, 0.1) is 0 Å². The van der Waals surface area contributed by atoms with Crippen LogP contribution in [0.15, 0.2) is 42.5 Å². The molecular weight excluding hydrogens is 312 g/mol. The summed E-state index contributed by atoms with van der Waals surface area (Å²) in [7, 11) is 0. The van der Waals surface area contributed by atoms with Gasteiger partial charge in [0.15, 0.2) is 13.2 Å². The molecule has 1 aliphatic rings. The first-order valence-corrected chi connectivity index (χ1v) is 7.49. The van der Waals surface area contributed by atoms with Crippen LogP contribution in [-0.4, -0.2) is 49.1 Å². The standard InChI is InChI=1S/C17H16N2O5/c20-15(18-7-8-19-16(21)11-24-17(19)22)10-23-14-6-5-12-3-1-2-4-13(12)9-14/h1-6,9H,7-8,10-11H2,(H,18,20). The lowest BCUT2D eigenvalue weighted by molar-refractivity contribution is -0.127. The first-order valence-electron chi connectivity index (χ1n) is 7.49. The van der Waals surface area contributed by atoms with Crippen LogP contribution in [-0.2, 0) is 14.3 Å². The third-order valence-corrected chi connectivity index (χ3v) is 3.59. The van der Waals surface area contributed by atoms with Gasteiger partial charge < -0.3 is 14.8 Å². The van der Waals surface area contributed by atoms with E-state index >= 15 is 0 Å². The predicted molar refractivity (Wildman–Crippen MR) is 85.5 cm³/mol. The Balaban J connectivity index is 1.45. The SMILES string of the molecule is O=C(COc1ccc2ccccc2c1)NCCN1C(=O)COC1=O. The van der Waals surface area contributed by atoms with Crippen LogP contribution in [0.5, 0.6) is 5.75 Å². The molecule has 0 aliphatic carbocycles. The number of nitrogens with one attached hydrogen (secondary N) is 1. The van der Waals surface area contributed by atoms with Gasteiger partial charge in [0.2, 0.25) is 0 Å². The molecule has 1 aliphatic heterocycles. The maximum absolute atomic E-state index is 11.8. The summed E-state index contributed by atoms with van der Waals surface area (Å²) in [5, 5.41) is 4.72. The Hall–Kier alpha value is -3.09. The van der Waals surface area contributed by atoms with Crippen molar-refractivity contribution in [3.8, 4) is 5.75 Å². The molecule has 1 fully saturated rings. The van der Waals surface area contributed by atoms with Crippen molar-refractivity contribution in [2.24, 2.45) is 0 Å². The predicted octanol–water partition coefficient (Wildman–Crippen LogP) is 1.31. The second-order valence-electron chi connectivity index (χ2n) is 5.25. The summed E-state index contributed by atoms with van der Waals surface area (Å²) in [5.41, 5.74) is 0. The molecule has 7 heteroatoms. The molecule has 1 saturated heterocycles. The third-order valence-electron chi connectivity index (χ3n) is 3.59. The number of hydrogen-bond donors (Lipinski definition) is 1. The second kappa shape index (κ2) is 6.99. The summed E-state index contributed by atoms with van der Waals surface area (Å²) in [4.78, 5) is 35.3. The van der Waals surface area contributed by atoms with E-state index in [0.29, 0.717) is 5.75 Å². The van der Waals surface area contributed by atoms with Gasteiger partial charge in [0.05, 0.1) is 0 Å². The van der Waals surface area contributed by atoms with Gasteiger partial charge >= 0.3 is 6.09 Å². The fourth-order valence-corrected chi connectivity index (χ4v) is 2.36. The van der Waals surface area contributed by atoms with Gasteiger partial charge in [-0.15, -0.1) is 0 Å². The van der Waals surface area contributed by atoms with E-state index in [1.165, 1.54) is 0 Å². The van der Waals surface area contributed by atoms with E-state index in [0.717, 1.165) is 15.7 Å². The lowest BCUT2D eigenvalue weighted by atomic mass is 10.1. The Morgan fingerprint density at radius 3 is 2.71 bits per heavy atom. The van der Waals surface area contributed by atoms with Crippen molar-refractivity contribution in [3.63, 3.8) is 0 Å². The summed E-state index contributed by atoms with van der Waals surface area (Å²) >= 11 is 0. The van der Waals surface area contributed by atoms with Gasteiger partial charge in [0.25, 0.3) is 11.8 Å². The molecule has 0 spiro atoms. The molecule has 2 aromatic rings. The molecule has 0 aromatic heterocycles. The number of ether oxygens (including phenoxy) is 2. The van der Waals surface area contributed by atoms with Crippen LogP contribution in [0.4, 0.5) is 4.79 Å². The summed E-state index contributed by atoms with van der Waals surface area (Å²) < 4.78 is 10.0. The van der Waals surface area contributed by atoms with Crippen LogP contribution in [0.1, 0.15) is 0 Å². The first-order chi connectivity index (χ1) is 11.6. The molecule has 3 amide bonds. The highest BCUT2D eigenvalue weighted by Crippen LogP contribution is 2.20. The maximum Gasteiger partial charge on any atom is 0.417 e. The van der Waals surface area contributed by atoms with Crippen molar-refractivity contribution in [2.45, 2.75) is 0 Å². The first kappa shape index (κ1) is 15.8. The van der Waals surface area contributed by atoms with E-state index in [2.05, 4.69) is 10.1 Å². The van der Waals surface area contributed by atoms with Gasteiger partial charge in [-0.2, -0.15) is 0 Å². The zero-order valence-corrected chi connectivity index (χ0v) is 12.9. The van der Waals surface area contributed by atoms with Crippen molar-refractivity contribution in [1.29, 1.82) is 0 Å². The fourth-order valence-electron chi connectivity index (χ4n) is 2.36. The zero-order valence-electron chi connectivity index (χ0n) is 12.9. The Bertz CT molecular complexity index is 773. The molecule has 0 radical (unpaired) electrons. The van der Waals surface area contributed by atoms with E-state index in [9.17, 15) is 14.4 Å². The summed E-state index contributed by atoms with van der Waals surface area (Å²) in [6.45, 7) is -0.144. The molecule has 2 aromatic carbocycles. The van der Waals surface area contributed by atoms with Crippen LogP contribution < -0.4 is 10.1 Å². The third kappa shape index (κ3) is 3.62. The number of benzene rings is 2. The summed E-state index contributed by atoms with van der Waals surface area (Å²) in [6, 6.07) is 13.4. The number of imide groups is 1. The van der Waals surface area contributed by atoms with E-state index in [-0.39, 0.29) is 32.2 Å². The number of carbonyl (C=O) groups is 3. The average Bonchev–Trinajstić information content (AvgIpc) is 2.91. The van der Waals surface area contributed by atoms with Crippen LogP contribution in [0.3, 0.4) is 0 Å². The van der Waals surface area contributed by atoms with E-state index in [4.69, 9.17) is 4.74 Å². The number of rotatable bonds is 6. The van der Waals surface area contributed by atoms with Crippen molar-refractivity contribution in [1.82, 2.24) is 10.2 Å². The molecule has 0 bridgehead atoms. The minimum Gasteiger partial charge on any atom is -0.484 e. The molecule has 24 heavy (non-hydrogen) atoms. The summed E-state index contributed by atoms with van der Waals surface area (Å²) in [5.74, 6) is -0.132. The average molecular weight is 328 g/mol. The van der Waals surface area contributed by atoms with Crippen molar-refractivity contribution >= 4 is 28.7 Å². The minimum absolute atomic E-state index is 0.0827. The number of amides is 3. The molecule has 0 atom stereocenters. The van der Waals surface area contributed by atoms with Crippen LogP contribution >= 0.6 is 0 Å². The Morgan fingerprint density at radius 2 is 1.96 bits per heavy atom. The highest BCUT2D eigenvalue weighted by Gasteiger charge is 2.30. The molecule has 7 nitrogen and oxygen atoms in total. The van der Waals surface area contributed by atoms with Crippen molar-refractivity contribution < 1.29 is 23.9 Å². The molecule has 1 N–H and O–H groups in total. The van der Waals surface area contributed by atoms with Gasteiger partial charge in [0.1, 0.15) is 5.75 Å². The Kier molecular flexibility index (Phi) is 4.60. The maximum atomic E-state index is 11.8. The normalized spacial score (nSPS) is 13.9. The number of carbonyl (C=O) groups excluding carboxylic acids is 3. The quantitative estimate of drug-likeness (QED) is 0.864. The van der Waals surface area contributed by atoms with Gasteiger partial charge in [-0.25, -0.2) is 9.69 Å². The zero-order chi connectivity index (χ0) is 16.9. The van der Waals surface area contributed by atoms with E-state index in [1.807, 2.05) is 36.4 Å². The molecular formula is C17H16N2O5. The van der Waals surface area contributed by atoms with E-state index < -0.39 is 12.0 Å². The molecule has 0 saturated carbocycles. The van der Waals surface area contributed by atoms with Crippen LogP contribution in [0.25, 0.3) is 10.8 Å². The minimum atomic E-state index is -0.679. The molecule has 1 heterocycles. The van der Waals surface area contributed by atoms with Crippen molar-refractivity contribution in [3.05, 3.63) is 42.5 Å². The monoisotopic (exact) mass is 328 g/mol. The molecule has 124 valence electrons. The van der Waals surface area contributed by atoms with Gasteiger partial charge in [-0.05, 0) is 22.9 Å². The smallest absolute Gasteiger partial charge is 0.417 e. The molecule has 0 unspecified atom stereocenters. The van der Waals surface area contributed by atoms with Crippen molar-refractivity contribution in [2.75, 3.05) is 26.3 Å². The van der Waals surface area contributed by atoms with Crippen LogP contribution in [0.2, 0.25) is 0 Å². The summed E-state index contributed by atoms with van der Waals surface area (Å²) in [6.07, 6.45) is -0.679. The number of cyclic esters (lactones) is 1. The molecule has 3 rings (SSSR count). The number of fused-ring (bicyclic) bond motifs is 1.